The number of amides is 2. The van der Waals surface area contributed by atoms with E-state index in [9.17, 15) is 4.79 Å². The predicted molar refractivity (Wildman–Crippen MR) is 91.0 cm³/mol. The van der Waals surface area contributed by atoms with Crippen LogP contribution in [0.3, 0.4) is 0 Å². The van der Waals surface area contributed by atoms with Crippen LogP contribution in [0, 0.1) is 6.92 Å². The maximum absolute atomic E-state index is 12.4. The van der Waals surface area contributed by atoms with E-state index < -0.39 is 0 Å². The first-order valence-electron chi connectivity index (χ1n) is 8.27. The van der Waals surface area contributed by atoms with E-state index in [4.69, 9.17) is 0 Å². The number of anilines is 1. The SMILES string of the molecule is CCCCN(CCCC)C(=O)Nc1ccc(C)c(CC)c1. The molecule has 0 aromatic heterocycles. The molecule has 1 rings (SSSR count). The van der Waals surface area contributed by atoms with Gasteiger partial charge in [-0.05, 0) is 49.4 Å². The lowest BCUT2D eigenvalue weighted by molar-refractivity contribution is 0.210. The number of nitrogens with zero attached hydrogens (tertiary/aromatic N) is 1. The van der Waals surface area contributed by atoms with E-state index in [2.05, 4.69) is 45.1 Å². The van der Waals surface area contributed by atoms with Gasteiger partial charge in [0.2, 0.25) is 0 Å². The fourth-order valence-corrected chi connectivity index (χ4v) is 2.35. The summed E-state index contributed by atoms with van der Waals surface area (Å²) in [6.45, 7) is 10.2. The van der Waals surface area contributed by atoms with E-state index >= 15 is 0 Å². The summed E-state index contributed by atoms with van der Waals surface area (Å²) in [4.78, 5) is 14.4. The highest BCUT2D eigenvalue weighted by Gasteiger charge is 2.12. The number of unbranched alkanes of at least 4 members (excludes halogenated alkanes) is 2. The van der Waals surface area contributed by atoms with Crippen molar-refractivity contribution in [3.8, 4) is 0 Å². The molecule has 0 fully saturated rings. The lowest BCUT2D eigenvalue weighted by Gasteiger charge is -2.23. The Balaban J connectivity index is 2.70. The molecule has 1 aromatic carbocycles. The molecule has 0 aliphatic heterocycles. The molecule has 0 spiro atoms. The number of carbonyl (C=O) groups is 1. The second-order valence-corrected chi connectivity index (χ2v) is 5.62. The van der Waals surface area contributed by atoms with Crippen LogP contribution in [0.5, 0.6) is 0 Å². The van der Waals surface area contributed by atoms with Crippen LogP contribution in [0.2, 0.25) is 0 Å². The zero-order valence-electron chi connectivity index (χ0n) is 14.0. The van der Waals surface area contributed by atoms with Gasteiger partial charge in [-0.25, -0.2) is 4.79 Å². The van der Waals surface area contributed by atoms with Gasteiger partial charge in [-0.3, -0.25) is 0 Å². The van der Waals surface area contributed by atoms with Crippen LogP contribution in [0.25, 0.3) is 0 Å². The number of nitrogens with one attached hydrogen (secondary N) is 1. The molecule has 3 heteroatoms. The second-order valence-electron chi connectivity index (χ2n) is 5.62. The van der Waals surface area contributed by atoms with Gasteiger partial charge in [0.25, 0.3) is 0 Å². The lowest BCUT2D eigenvalue weighted by Crippen LogP contribution is -2.36. The standard InChI is InChI=1S/C18H30N2O/c1-5-8-12-20(13-9-6-2)18(21)19-17-11-10-15(4)16(7-3)14-17/h10-11,14H,5-9,12-13H2,1-4H3,(H,19,21). The smallest absolute Gasteiger partial charge is 0.321 e. The van der Waals surface area contributed by atoms with Crippen LogP contribution in [0.4, 0.5) is 10.5 Å². The Morgan fingerprint density at radius 2 is 1.71 bits per heavy atom. The maximum atomic E-state index is 12.4. The van der Waals surface area contributed by atoms with E-state index in [1.54, 1.807) is 0 Å². The molecule has 0 unspecified atom stereocenters. The maximum Gasteiger partial charge on any atom is 0.321 e. The largest absolute Gasteiger partial charge is 0.325 e. The minimum absolute atomic E-state index is 0.0304. The Labute approximate surface area is 129 Å². The van der Waals surface area contributed by atoms with Crippen molar-refractivity contribution in [2.45, 2.75) is 59.8 Å². The van der Waals surface area contributed by atoms with Crippen LogP contribution in [-0.4, -0.2) is 24.0 Å². The molecule has 21 heavy (non-hydrogen) atoms. The van der Waals surface area contributed by atoms with Crippen molar-refractivity contribution in [2.75, 3.05) is 18.4 Å². The van der Waals surface area contributed by atoms with Gasteiger partial charge < -0.3 is 10.2 Å². The van der Waals surface area contributed by atoms with Gasteiger partial charge in [-0.2, -0.15) is 0 Å². The van der Waals surface area contributed by atoms with Crippen LogP contribution >= 0.6 is 0 Å². The van der Waals surface area contributed by atoms with E-state index in [0.29, 0.717) is 0 Å². The van der Waals surface area contributed by atoms with Gasteiger partial charge in [-0.1, -0.05) is 39.7 Å². The molecule has 0 atom stereocenters. The minimum Gasteiger partial charge on any atom is -0.325 e. The van der Waals surface area contributed by atoms with Crippen molar-refractivity contribution in [2.24, 2.45) is 0 Å². The van der Waals surface area contributed by atoms with Gasteiger partial charge in [0.1, 0.15) is 0 Å². The van der Waals surface area contributed by atoms with Crippen molar-refractivity contribution in [3.63, 3.8) is 0 Å². The lowest BCUT2D eigenvalue weighted by atomic mass is 10.1. The summed E-state index contributed by atoms with van der Waals surface area (Å²) < 4.78 is 0. The first-order chi connectivity index (χ1) is 10.1. The summed E-state index contributed by atoms with van der Waals surface area (Å²) in [7, 11) is 0. The molecule has 0 saturated heterocycles. The molecule has 0 saturated carbocycles. The van der Waals surface area contributed by atoms with Crippen molar-refractivity contribution < 1.29 is 4.79 Å². The molecule has 2 amide bonds. The predicted octanol–water partition coefficient (Wildman–Crippen LogP) is 4.99. The summed E-state index contributed by atoms with van der Waals surface area (Å²) in [5.74, 6) is 0. The summed E-state index contributed by atoms with van der Waals surface area (Å²) >= 11 is 0. The Hall–Kier alpha value is -1.51. The number of urea groups is 1. The third kappa shape index (κ3) is 5.78. The minimum atomic E-state index is 0.0304. The fraction of sp³-hybridized carbons (Fsp3) is 0.611. The summed E-state index contributed by atoms with van der Waals surface area (Å²) in [5, 5.41) is 3.05. The molecule has 0 heterocycles. The average molecular weight is 290 g/mol. The number of hydrogen-bond donors (Lipinski definition) is 1. The summed E-state index contributed by atoms with van der Waals surface area (Å²) in [5.41, 5.74) is 3.48. The number of rotatable bonds is 8. The van der Waals surface area contributed by atoms with E-state index in [1.165, 1.54) is 11.1 Å². The average Bonchev–Trinajstić information content (AvgIpc) is 2.49. The van der Waals surface area contributed by atoms with Crippen molar-refractivity contribution in [3.05, 3.63) is 29.3 Å². The number of aryl methyl sites for hydroxylation is 2. The quantitative estimate of drug-likeness (QED) is 0.718. The van der Waals surface area contributed by atoms with E-state index in [-0.39, 0.29) is 6.03 Å². The van der Waals surface area contributed by atoms with E-state index in [0.717, 1.165) is 50.9 Å². The normalized spacial score (nSPS) is 10.5. The first kappa shape index (κ1) is 17.5. The van der Waals surface area contributed by atoms with Crippen molar-refractivity contribution in [1.29, 1.82) is 0 Å². The number of hydrogen-bond acceptors (Lipinski definition) is 1. The summed E-state index contributed by atoms with van der Waals surface area (Å²) in [6.07, 6.45) is 5.34. The molecule has 0 bridgehead atoms. The van der Waals surface area contributed by atoms with Crippen molar-refractivity contribution in [1.82, 2.24) is 4.90 Å². The first-order valence-corrected chi connectivity index (χ1v) is 8.27. The third-order valence-electron chi connectivity index (χ3n) is 3.83. The van der Waals surface area contributed by atoms with Gasteiger partial charge in [0.05, 0.1) is 0 Å². The van der Waals surface area contributed by atoms with Crippen LogP contribution in [-0.2, 0) is 6.42 Å². The molecular formula is C18H30N2O. The van der Waals surface area contributed by atoms with Gasteiger partial charge in [0, 0.05) is 18.8 Å². The Morgan fingerprint density at radius 1 is 1.10 bits per heavy atom. The zero-order valence-corrected chi connectivity index (χ0v) is 14.0. The van der Waals surface area contributed by atoms with E-state index in [1.807, 2.05) is 11.0 Å². The van der Waals surface area contributed by atoms with Crippen LogP contribution in [0.15, 0.2) is 18.2 Å². The fourth-order valence-electron chi connectivity index (χ4n) is 2.35. The summed E-state index contributed by atoms with van der Waals surface area (Å²) in [6, 6.07) is 6.19. The zero-order chi connectivity index (χ0) is 15.7. The number of carbonyl (C=O) groups excluding carboxylic acids is 1. The van der Waals surface area contributed by atoms with Crippen molar-refractivity contribution >= 4 is 11.7 Å². The molecular weight excluding hydrogens is 260 g/mol. The molecule has 0 aliphatic rings. The highest BCUT2D eigenvalue weighted by Crippen LogP contribution is 2.16. The van der Waals surface area contributed by atoms with Gasteiger partial charge in [-0.15, -0.1) is 0 Å². The van der Waals surface area contributed by atoms with Crippen LogP contribution < -0.4 is 5.32 Å². The third-order valence-corrected chi connectivity index (χ3v) is 3.83. The molecule has 3 nitrogen and oxygen atoms in total. The van der Waals surface area contributed by atoms with Gasteiger partial charge in [0.15, 0.2) is 0 Å². The van der Waals surface area contributed by atoms with Gasteiger partial charge >= 0.3 is 6.03 Å². The number of benzene rings is 1. The highest BCUT2D eigenvalue weighted by atomic mass is 16.2. The highest BCUT2D eigenvalue weighted by molar-refractivity contribution is 5.89. The molecule has 118 valence electrons. The topological polar surface area (TPSA) is 32.3 Å². The Kier molecular flexibility index (Phi) is 7.88. The Morgan fingerprint density at radius 3 is 2.24 bits per heavy atom. The van der Waals surface area contributed by atoms with Crippen LogP contribution in [0.1, 0.15) is 57.6 Å². The molecule has 0 radical (unpaired) electrons. The molecule has 0 aliphatic carbocycles. The molecule has 1 aromatic rings. The molecule has 1 N–H and O–H groups in total. The monoisotopic (exact) mass is 290 g/mol. The Bertz CT molecular complexity index is 435. The second kappa shape index (κ2) is 9.43.